The van der Waals surface area contributed by atoms with Crippen molar-refractivity contribution in [2.45, 2.75) is 34.6 Å². The molecule has 0 atom stereocenters. The van der Waals surface area contributed by atoms with E-state index in [0.29, 0.717) is 16.7 Å². The summed E-state index contributed by atoms with van der Waals surface area (Å²) in [6, 6.07) is 6.85. The SMILES string of the molecule is Cc1cc(C)c(C(=O)c2c(C)cc(F)cc2C)c(C)c1. The molecule has 104 valence electrons. The Balaban J connectivity index is 2.64. The second-order valence-electron chi connectivity index (χ2n) is 5.52. The highest BCUT2D eigenvalue weighted by Crippen LogP contribution is 2.24. The number of ketones is 1. The van der Waals surface area contributed by atoms with E-state index in [1.54, 1.807) is 13.8 Å². The summed E-state index contributed by atoms with van der Waals surface area (Å²) in [5.41, 5.74) is 5.80. The smallest absolute Gasteiger partial charge is 0.194 e. The van der Waals surface area contributed by atoms with Crippen molar-refractivity contribution in [1.29, 1.82) is 0 Å². The lowest BCUT2D eigenvalue weighted by Crippen LogP contribution is -2.10. The standard InChI is InChI=1S/C18H19FO/c1-10-6-11(2)16(12(3)7-10)18(20)17-13(4)8-15(19)9-14(17)5/h6-9H,1-5H3. The molecule has 2 aromatic carbocycles. The second kappa shape index (κ2) is 5.20. The number of halogens is 1. The maximum Gasteiger partial charge on any atom is 0.194 e. The molecule has 0 aliphatic rings. The minimum absolute atomic E-state index is 0.0185. The fraction of sp³-hybridized carbons (Fsp3) is 0.278. The number of carbonyl (C=O) groups excluding carboxylic acids is 1. The molecule has 0 bridgehead atoms. The van der Waals surface area contributed by atoms with E-state index in [9.17, 15) is 9.18 Å². The zero-order valence-electron chi connectivity index (χ0n) is 12.6. The molecule has 0 aliphatic carbocycles. The monoisotopic (exact) mass is 270 g/mol. The summed E-state index contributed by atoms with van der Waals surface area (Å²) >= 11 is 0. The van der Waals surface area contributed by atoms with Crippen molar-refractivity contribution in [1.82, 2.24) is 0 Å². The lowest BCUT2D eigenvalue weighted by molar-refractivity contribution is 0.103. The van der Waals surface area contributed by atoms with Gasteiger partial charge in [-0.05, 0) is 69.0 Å². The summed E-state index contributed by atoms with van der Waals surface area (Å²) in [5.74, 6) is -0.316. The first-order valence-corrected chi connectivity index (χ1v) is 6.70. The molecular formula is C18H19FO. The van der Waals surface area contributed by atoms with Crippen molar-refractivity contribution in [2.24, 2.45) is 0 Å². The molecule has 0 amide bonds. The predicted molar refractivity (Wildman–Crippen MR) is 80.0 cm³/mol. The third kappa shape index (κ3) is 2.51. The Labute approximate surface area is 119 Å². The number of rotatable bonds is 2. The van der Waals surface area contributed by atoms with Crippen LogP contribution in [0.2, 0.25) is 0 Å². The highest BCUT2D eigenvalue weighted by atomic mass is 19.1. The van der Waals surface area contributed by atoms with Gasteiger partial charge in [-0.2, -0.15) is 0 Å². The second-order valence-corrected chi connectivity index (χ2v) is 5.52. The first-order valence-electron chi connectivity index (χ1n) is 6.70. The minimum atomic E-state index is -0.297. The average molecular weight is 270 g/mol. The van der Waals surface area contributed by atoms with Gasteiger partial charge in [-0.3, -0.25) is 4.79 Å². The molecule has 0 aromatic heterocycles. The number of carbonyl (C=O) groups is 1. The molecule has 0 N–H and O–H groups in total. The van der Waals surface area contributed by atoms with Crippen LogP contribution in [0.5, 0.6) is 0 Å². The molecule has 0 saturated heterocycles. The van der Waals surface area contributed by atoms with Gasteiger partial charge in [0, 0.05) is 11.1 Å². The summed E-state index contributed by atoms with van der Waals surface area (Å²) < 4.78 is 13.4. The normalized spacial score (nSPS) is 10.7. The van der Waals surface area contributed by atoms with E-state index in [1.165, 1.54) is 12.1 Å². The predicted octanol–water partition coefficient (Wildman–Crippen LogP) is 4.60. The third-order valence-corrected chi connectivity index (χ3v) is 3.63. The first-order chi connectivity index (χ1) is 9.31. The van der Waals surface area contributed by atoms with E-state index in [0.717, 1.165) is 22.3 Å². The Bertz CT molecular complexity index is 593. The van der Waals surface area contributed by atoms with Gasteiger partial charge in [0.25, 0.3) is 0 Å². The molecule has 0 heterocycles. The lowest BCUT2D eigenvalue weighted by atomic mass is 9.89. The Morgan fingerprint density at radius 3 is 1.50 bits per heavy atom. The fourth-order valence-corrected chi connectivity index (χ4v) is 2.93. The van der Waals surface area contributed by atoms with Gasteiger partial charge in [-0.25, -0.2) is 4.39 Å². The molecule has 2 heteroatoms. The third-order valence-electron chi connectivity index (χ3n) is 3.63. The van der Waals surface area contributed by atoms with Crippen LogP contribution in [0, 0.1) is 40.4 Å². The van der Waals surface area contributed by atoms with Gasteiger partial charge in [0.1, 0.15) is 5.82 Å². The van der Waals surface area contributed by atoms with Gasteiger partial charge < -0.3 is 0 Å². The molecule has 0 aliphatic heterocycles. The average Bonchev–Trinajstić information content (AvgIpc) is 2.25. The van der Waals surface area contributed by atoms with Gasteiger partial charge in [0.2, 0.25) is 0 Å². The van der Waals surface area contributed by atoms with Crippen molar-refractivity contribution in [3.8, 4) is 0 Å². The fourth-order valence-electron chi connectivity index (χ4n) is 2.93. The summed E-state index contributed by atoms with van der Waals surface area (Å²) in [6.07, 6.45) is 0. The zero-order chi connectivity index (χ0) is 15.0. The molecule has 2 rings (SSSR count). The van der Waals surface area contributed by atoms with E-state index in [4.69, 9.17) is 0 Å². The van der Waals surface area contributed by atoms with E-state index in [2.05, 4.69) is 0 Å². The highest BCUT2D eigenvalue weighted by molar-refractivity contribution is 6.12. The minimum Gasteiger partial charge on any atom is -0.289 e. The Hall–Kier alpha value is -1.96. The van der Waals surface area contributed by atoms with Crippen molar-refractivity contribution in [3.05, 3.63) is 69.0 Å². The van der Waals surface area contributed by atoms with Crippen LogP contribution in [0.25, 0.3) is 0 Å². The zero-order valence-corrected chi connectivity index (χ0v) is 12.6. The van der Waals surface area contributed by atoms with Crippen molar-refractivity contribution in [2.75, 3.05) is 0 Å². The Kier molecular flexibility index (Phi) is 3.76. The molecule has 0 unspecified atom stereocenters. The Morgan fingerprint density at radius 2 is 1.10 bits per heavy atom. The lowest BCUT2D eigenvalue weighted by Gasteiger charge is -2.14. The summed E-state index contributed by atoms with van der Waals surface area (Å²) in [5, 5.41) is 0. The van der Waals surface area contributed by atoms with Crippen molar-refractivity contribution >= 4 is 5.78 Å². The summed E-state index contributed by atoms with van der Waals surface area (Å²) in [4.78, 5) is 12.8. The van der Waals surface area contributed by atoms with E-state index in [-0.39, 0.29) is 11.6 Å². The summed E-state index contributed by atoms with van der Waals surface area (Å²) in [6.45, 7) is 9.47. The van der Waals surface area contributed by atoms with E-state index >= 15 is 0 Å². The van der Waals surface area contributed by atoms with Crippen LogP contribution in [-0.2, 0) is 0 Å². The van der Waals surface area contributed by atoms with Gasteiger partial charge in [0.15, 0.2) is 5.78 Å². The number of hydrogen-bond donors (Lipinski definition) is 0. The maximum absolute atomic E-state index is 13.4. The largest absolute Gasteiger partial charge is 0.289 e. The highest BCUT2D eigenvalue weighted by Gasteiger charge is 2.19. The maximum atomic E-state index is 13.4. The molecule has 2 aromatic rings. The van der Waals surface area contributed by atoms with Crippen LogP contribution in [0.3, 0.4) is 0 Å². The number of hydrogen-bond acceptors (Lipinski definition) is 1. The molecule has 0 fully saturated rings. The Morgan fingerprint density at radius 1 is 0.750 bits per heavy atom. The van der Waals surface area contributed by atoms with Gasteiger partial charge in [-0.1, -0.05) is 17.7 Å². The van der Waals surface area contributed by atoms with Crippen LogP contribution < -0.4 is 0 Å². The molecule has 1 nitrogen and oxygen atoms in total. The van der Waals surface area contributed by atoms with Crippen molar-refractivity contribution < 1.29 is 9.18 Å². The van der Waals surface area contributed by atoms with Crippen molar-refractivity contribution in [3.63, 3.8) is 0 Å². The number of aryl methyl sites for hydroxylation is 5. The van der Waals surface area contributed by atoms with E-state index in [1.807, 2.05) is 32.9 Å². The van der Waals surface area contributed by atoms with Gasteiger partial charge in [0.05, 0.1) is 0 Å². The van der Waals surface area contributed by atoms with Gasteiger partial charge in [-0.15, -0.1) is 0 Å². The van der Waals surface area contributed by atoms with Crippen LogP contribution in [0.1, 0.15) is 43.7 Å². The molecule has 0 saturated carbocycles. The molecule has 0 radical (unpaired) electrons. The first kappa shape index (κ1) is 14.4. The number of benzene rings is 2. The molecular weight excluding hydrogens is 251 g/mol. The molecule has 0 spiro atoms. The van der Waals surface area contributed by atoms with Gasteiger partial charge >= 0.3 is 0 Å². The summed E-state index contributed by atoms with van der Waals surface area (Å²) in [7, 11) is 0. The molecule has 20 heavy (non-hydrogen) atoms. The van der Waals surface area contributed by atoms with Crippen LogP contribution in [0.4, 0.5) is 4.39 Å². The topological polar surface area (TPSA) is 17.1 Å². The van der Waals surface area contributed by atoms with Crippen LogP contribution >= 0.6 is 0 Å². The quantitative estimate of drug-likeness (QED) is 0.729. The van der Waals surface area contributed by atoms with E-state index < -0.39 is 0 Å². The van der Waals surface area contributed by atoms with Crippen LogP contribution in [0.15, 0.2) is 24.3 Å². The van der Waals surface area contributed by atoms with Crippen LogP contribution in [-0.4, -0.2) is 5.78 Å².